The third-order valence-corrected chi connectivity index (χ3v) is 5.60. The molecule has 2 fully saturated rings. The lowest BCUT2D eigenvalue weighted by atomic mass is 10.1. The highest BCUT2D eigenvalue weighted by atomic mass is 16.4. The van der Waals surface area contributed by atoms with Crippen molar-refractivity contribution < 1.29 is 9.90 Å². The standard InChI is InChI=1S/C19H17N7O2/c20-6-12-2-1-11(7-21-12)16-5-15-17(24-16)22-10-23-18(15)25-8-13-3-4-14(9-25)26(13)19(27)28/h1-2,5,7,10,13-14H,3-4,8-9H2,(H,27,28)(H,22,23,24). The van der Waals surface area contributed by atoms with E-state index in [0.717, 1.165) is 41.0 Å². The van der Waals surface area contributed by atoms with Crippen LogP contribution in [0, 0.1) is 11.3 Å². The molecule has 2 aliphatic rings. The summed E-state index contributed by atoms with van der Waals surface area (Å²) in [6.07, 6.45) is 4.12. The van der Waals surface area contributed by atoms with E-state index in [9.17, 15) is 9.90 Å². The summed E-state index contributed by atoms with van der Waals surface area (Å²) in [5, 5.41) is 19.3. The summed E-state index contributed by atoms with van der Waals surface area (Å²) in [4.78, 5) is 31.5. The van der Waals surface area contributed by atoms with Gasteiger partial charge >= 0.3 is 6.09 Å². The summed E-state index contributed by atoms with van der Waals surface area (Å²) >= 11 is 0. The molecule has 9 nitrogen and oxygen atoms in total. The zero-order valence-electron chi connectivity index (χ0n) is 14.9. The van der Waals surface area contributed by atoms with Gasteiger partial charge in [0, 0.05) is 30.5 Å². The number of pyridine rings is 1. The van der Waals surface area contributed by atoms with E-state index < -0.39 is 6.09 Å². The molecule has 2 atom stereocenters. The second-order valence-electron chi connectivity index (χ2n) is 7.17. The molecule has 2 bridgehead atoms. The monoisotopic (exact) mass is 375 g/mol. The maximum atomic E-state index is 11.5. The van der Waals surface area contributed by atoms with Crippen molar-refractivity contribution in [3.8, 4) is 17.3 Å². The van der Waals surface area contributed by atoms with E-state index in [-0.39, 0.29) is 12.1 Å². The Hall–Kier alpha value is -3.67. The first kappa shape index (κ1) is 16.5. The number of aromatic amines is 1. The molecule has 2 N–H and O–H groups in total. The number of nitrogens with zero attached hydrogens (tertiary/aromatic N) is 6. The molecule has 3 aromatic heterocycles. The number of hydrogen-bond acceptors (Lipinski definition) is 6. The quantitative estimate of drug-likeness (QED) is 0.704. The fourth-order valence-electron chi connectivity index (χ4n) is 4.34. The molecule has 1 amide bonds. The van der Waals surface area contributed by atoms with Gasteiger partial charge in [0.15, 0.2) is 0 Å². The van der Waals surface area contributed by atoms with Crippen molar-refractivity contribution in [2.75, 3.05) is 18.0 Å². The third kappa shape index (κ3) is 2.53. The average molecular weight is 375 g/mol. The Morgan fingerprint density at radius 3 is 2.64 bits per heavy atom. The number of hydrogen-bond donors (Lipinski definition) is 2. The first-order valence-electron chi connectivity index (χ1n) is 9.10. The zero-order valence-corrected chi connectivity index (χ0v) is 14.9. The molecule has 5 heterocycles. The minimum absolute atomic E-state index is 0.00223. The van der Waals surface area contributed by atoms with E-state index in [1.807, 2.05) is 18.2 Å². The molecule has 2 aliphatic heterocycles. The van der Waals surface area contributed by atoms with Gasteiger partial charge in [-0.25, -0.2) is 19.7 Å². The largest absolute Gasteiger partial charge is 0.465 e. The van der Waals surface area contributed by atoms with Gasteiger partial charge in [0.2, 0.25) is 0 Å². The number of fused-ring (bicyclic) bond motifs is 3. The van der Waals surface area contributed by atoms with E-state index in [2.05, 4.69) is 24.8 Å². The van der Waals surface area contributed by atoms with Crippen LogP contribution in [0.2, 0.25) is 0 Å². The minimum Gasteiger partial charge on any atom is -0.465 e. The fraction of sp³-hybridized carbons (Fsp3) is 0.316. The Labute approximate surface area is 160 Å². The van der Waals surface area contributed by atoms with Gasteiger partial charge in [0.25, 0.3) is 0 Å². The van der Waals surface area contributed by atoms with E-state index in [1.54, 1.807) is 17.2 Å². The smallest absolute Gasteiger partial charge is 0.407 e. The molecular weight excluding hydrogens is 358 g/mol. The molecule has 9 heteroatoms. The van der Waals surface area contributed by atoms with Crippen LogP contribution in [-0.2, 0) is 0 Å². The van der Waals surface area contributed by atoms with Crippen molar-refractivity contribution in [3.05, 3.63) is 36.4 Å². The highest BCUT2D eigenvalue weighted by molar-refractivity contribution is 5.92. The Morgan fingerprint density at radius 2 is 2.00 bits per heavy atom. The number of H-pyrrole nitrogens is 1. The number of carboxylic acid groups (broad SMARTS) is 1. The molecule has 0 aromatic carbocycles. The van der Waals surface area contributed by atoms with Gasteiger partial charge in [-0.3, -0.25) is 4.90 Å². The number of amides is 1. The van der Waals surface area contributed by atoms with Crippen molar-refractivity contribution in [3.63, 3.8) is 0 Å². The van der Waals surface area contributed by atoms with Crippen LogP contribution in [0.1, 0.15) is 18.5 Å². The summed E-state index contributed by atoms with van der Waals surface area (Å²) in [7, 11) is 0. The molecule has 0 spiro atoms. The van der Waals surface area contributed by atoms with Crippen molar-refractivity contribution in [2.45, 2.75) is 24.9 Å². The Bertz CT molecular complexity index is 1090. The number of carbonyl (C=O) groups is 1. The van der Waals surface area contributed by atoms with E-state index >= 15 is 0 Å². The molecule has 2 saturated heterocycles. The lowest BCUT2D eigenvalue weighted by molar-refractivity contribution is 0.114. The minimum atomic E-state index is -0.836. The predicted molar refractivity (Wildman–Crippen MR) is 101 cm³/mol. The SMILES string of the molecule is N#Cc1ccc(-c2cc3c(N4CC5CCC(C4)N5C(=O)O)ncnc3[nH]2)cn1. The van der Waals surface area contributed by atoms with Gasteiger partial charge in [0.1, 0.15) is 29.6 Å². The van der Waals surface area contributed by atoms with Crippen molar-refractivity contribution in [1.29, 1.82) is 5.26 Å². The molecule has 0 aliphatic carbocycles. The first-order valence-corrected chi connectivity index (χ1v) is 9.10. The van der Waals surface area contributed by atoms with Crippen LogP contribution in [0.3, 0.4) is 0 Å². The molecule has 2 unspecified atom stereocenters. The molecular formula is C19H17N7O2. The van der Waals surface area contributed by atoms with Crippen molar-refractivity contribution >= 4 is 22.9 Å². The number of piperazine rings is 1. The molecule has 140 valence electrons. The van der Waals surface area contributed by atoms with Gasteiger partial charge in [0.05, 0.1) is 17.5 Å². The van der Waals surface area contributed by atoms with Crippen LogP contribution in [0.25, 0.3) is 22.3 Å². The molecule has 0 saturated carbocycles. The van der Waals surface area contributed by atoms with Gasteiger partial charge in [-0.1, -0.05) is 0 Å². The summed E-state index contributed by atoms with van der Waals surface area (Å²) in [6.45, 7) is 1.27. The summed E-state index contributed by atoms with van der Waals surface area (Å²) in [5.41, 5.74) is 2.80. The Kier molecular flexibility index (Phi) is 3.65. The average Bonchev–Trinajstić information content (AvgIpc) is 3.26. The van der Waals surface area contributed by atoms with Crippen LogP contribution < -0.4 is 4.90 Å². The second-order valence-corrected chi connectivity index (χ2v) is 7.17. The fourth-order valence-corrected chi connectivity index (χ4v) is 4.34. The summed E-state index contributed by atoms with van der Waals surface area (Å²) in [6, 6.07) is 7.52. The normalized spacial score (nSPS) is 21.1. The van der Waals surface area contributed by atoms with Gasteiger partial charge in [-0.05, 0) is 31.0 Å². The zero-order chi connectivity index (χ0) is 19.3. The van der Waals surface area contributed by atoms with Crippen molar-refractivity contribution in [2.24, 2.45) is 0 Å². The van der Waals surface area contributed by atoms with Crippen LogP contribution >= 0.6 is 0 Å². The Balaban J connectivity index is 1.50. The van der Waals surface area contributed by atoms with E-state index in [1.165, 1.54) is 6.33 Å². The van der Waals surface area contributed by atoms with Crippen LogP contribution in [0.4, 0.5) is 10.6 Å². The predicted octanol–water partition coefficient (Wildman–Crippen LogP) is 2.22. The summed E-state index contributed by atoms with van der Waals surface area (Å²) in [5.74, 6) is 0.816. The lowest BCUT2D eigenvalue weighted by Gasteiger charge is -2.40. The summed E-state index contributed by atoms with van der Waals surface area (Å²) < 4.78 is 0. The molecule has 28 heavy (non-hydrogen) atoms. The van der Waals surface area contributed by atoms with Gasteiger partial charge < -0.3 is 15.0 Å². The van der Waals surface area contributed by atoms with E-state index in [4.69, 9.17) is 5.26 Å². The van der Waals surface area contributed by atoms with Gasteiger partial charge in [-0.15, -0.1) is 0 Å². The number of nitriles is 1. The highest BCUT2D eigenvalue weighted by Crippen LogP contribution is 2.35. The maximum Gasteiger partial charge on any atom is 0.407 e. The van der Waals surface area contributed by atoms with Gasteiger partial charge in [-0.2, -0.15) is 5.26 Å². The molecule has 0 radical (unpaired) electrons. The molecule has 3 aromatic rings. The number of nitrogens with one attached hydrogen (secondary N) is 1. The lowest BCUT2D eigenvalue weighted by Crippen LogP contribution is -2.55. The highest BCUT2D eigenvalue weighted by Gasteiger charge is 2.43. The first-order chi connectivity index (χ1) is 13.6. The van der Waals surface area contributed by atoms with Crippen molar-refractivity contribution in [1.82, 2.24) is 24.8 Å². The number of rotatable bonds is 2. The Morgan fingerprint density at radius 1 is 1.21 bits per heavy atom. The third-order valence-electron chi connectivity index (χ3n) is 5.60. The number of aromatic nitrogens is 4. The molecule has 5 rings (SSSR count). The topological polar surface area (TPSA) is 122 Å². The van der Waals surface area contributed by atoms with E-state index in [0.29, 0.717) is 18.8 Å². The number of anilines is 1. The second kappa shape index (κ2) is 6.20. The van der Waals surface area contributed by atoms with Crippen LogP contribution in [0.5, 0.6) is 0 Å². The van der Waals surface area contributed by atoms with Crippen LogP contribution in [-0.4, -0.2) is 61.2 Å². The maximum absolute atomic E-state index is 11.5. The van der Waals surface area contributed by atoms with Crippen LogP contribution in [0.15, 0.2) is 30.7 Å².